The Morgan fingerprint density at radius 2 is 1.94 bits per heavy atom. The predicted molar refractivity (Wildman–Crippen MR) is 106 cm³/mol. The molecule has 1 aromatic heterocycles. The van der Waals surface area contributed by atoms with Crippen LogP contribution in [0.5, 0.6) is 0 Å². The van der Waals surface area contributed by atoms with E-state index >= 15 is 0 Å². The maximum Gasteiger partial charge on any atom is 0.418 e. The number of nitrogens with zero attached hydrogens (tertiary/aromatic N) is 2. The van der Waals surface area contributed by atoms with Gasteiger partial charge < -0.3 is 9.47 Å². The molecular formula is C19H15Cl2F3N2O5. The van der Waals surface area contributed by atoms with Gasteiger partial charge in [-0.2, -0.15) is 23.0 Å². The van der Waals surface area contributed by atoms with Gasteiger partial charge in [-0.1, -0.05) is 23.2 Å². The van der Waals surface area contributed by atoms with Crippen LogP contribution in [0.2, 0.25) is 5.02 Å². The van der Waals surface area contributed by atoms with E-state index in [0.717, 1.165) is 17.7 Å². The average Bonchev–Trinajstić information content (AvgIpc) is 2.69. The van der Waals surface area contributed by atoms with E-state index in [1.165, 1.54) is 18.2 Å². The normalized spacial score (nSPS) is 11.9. The lowest BCUT2D eigenvalue weighted by molar-refractivity contribution is -0.155. The molecule has 0 aliphatic heterocycles. The number of halogens is 5. The number of rotatable bonds is 6. The van der Waals surface area contributed by atoms with Gasteiger partial charge >= 0.3 is 18.1 Å². The SMILES string of the molecule is CCOC(=O)COC(=O)C(Cl)=Cc1cc(-n2ncc(C(F)(F)F)c(C)c2=O)ccc1Cl. The van der Waals surface area contributed by atoms with E-state index in [0.29, 0.717) is 6.20 Å². The van der Waals surface area contributed by atoms with Gasteiger partial charge in [0.05, 0.1) is 24.1 Å². The molecule has 0 amide bonds. The molecule has 0 spiro atoms. The first-order valence-corrected chi connectivity index (χ1v) is 9.37. The summed E-state index contributed by atoms with van der Waals surface area (Å²) in [5, 5.41) is 3.26. The molecule has 0 aliphatic carbocycles. The third-order valence-electron chi connectivity index (χ3n) is 3.85. The molecule has 0 saturated heterocycles. The maximum absolute atomic E-state index is 13.0. The highest BCUT2D eigenvalue weighted by atomic mass is 35.5. The van der Waals surface area contributed by atoms with Gasteiger partial charge in [0.25, 0.3) is 5.56 Å². The number of benzene rings is 1. The molecule has 0 fully saturated rings. The van der Waals surface area contributed by atoms with Crippen molar-refractivity contribution in [3.8, 4) is 5.69 Å². The predicted octanol–water partition coefficient (Wildman–Crippen LogP) is 3.90. The zero-order chi connectivity index (χ0) is 23.3. The third kappa shape index (κ3) is 6.08. The monoisotopic (exact) mass is 478 g/mol. The summed E-state index contributed by atoms with van der Waals surface area (Å²) in [6.07, 6.45) is -3.07. The highest BCUT2D eigenvalue weighted by molar-refractivity contribution is 6.43. The molecule has 0 bridgehead atoms. The lowest BCUT2D eigenvalue weighted by atomic mass is 10.1. The summed E-state index contributed by atoms with van der Waals surface area (Å²) >= 11 is 12.0. The standard InChI is InChI=1S/C19H15Cl2F3N2O5/c1-3-30-16(27)9-31-18(29)15(21)7-11-6-12(4-5-14(11)20)26-17(28)10(2)13(8-25-26)19(22,23)24/h4-8H,3,9H2,1-2H3. The number of hydrogen-bond donors (Lipinski definition) is 0. The van der Waals surface area contributed by atoms with Crippen LogP contribution < -0.4 is 5.56 Å². The fraction of sp³-hybridized carbons (Fsp3) is 0.263. The Labute approximate surface area is 184 Å². The Morgan fingerprint density at radius 1 is 1.26 bits per heavy atom. The van der Waals surface area contributed by atoms with E-state index in [2.05, 4.69) is 9.84 Å². The molecule has 1 aromatic carbocycles. The Morgan fingerprint density at radius 3 is 2.55 bits per heavy atom. The molecule has 31 heavy (non-hydrogen) atoms. The molecule has 0 atom stereocenters. The fourth-order valence-corrected chi connectivity index (χ4v) is 2.72. The van der Waals surface area contributed by atoms with Crippen LogP contribution in [0.25, 0.3) is 11.8 Å². The quantitative estimate of drug-likeness (QED) is 0.462. The smallest absolute Gasteiger partial charge is 0.418 e. The van der Waals surface area contributed by atoms with Gasteiger partial charge in [-0.05, 0) is 43.7 Å². The van der Waals surface area contributed by atoms with E-state index in [9.17, 15) is 27.6 Å². The molecule has 0 N–H and O–H groups in total. The van der Waals surface area contributed by atoms with E-state index in [1.807, 2.05) is 0 Å². The van der Waals surface area contributed by atoms with Gasteiger partial charge in [-0.25, -0.2) is 9.59 Å². The Hall–Kier alpha value is -2.85. The topological polar surface area (TPSA) is 87.5 Å². The van der Waals surface area contributed by atoms with Crippen molar-refractivity contribution in [1.82, 2.24) is 9.78 Å². The Balaban J connectivity index is 2.35. The van der Waals surface area contributed by atoms with Gasteiger partial charge in [-0.3, -0.25) is 4.79 Å². The van der Waals surface area contributed by atoms with Crippen molar-refractivity contribution in [2.24, 2.45) is 0 Å². The fourth-order valence-electron chi connectivity index (χ4n) is 2.37. The summed E-state index contributed by atoms with van der Waals surface area (Å²) < 4.78 is 48.9. The van der Waals surface area contributed by atoms with E-state index in [1.54, 1.807) is 6.92 Å². The Kier molecular flexibility index (Phi) is 7.85. The van der Waals surface area contributed by atoms with Gasteiger partial charge in [0.1, 0.15) is 5.03 Å². The van der Waals surface area contributed by atoms with Crippen molar-refractivity contribution >= 4 is 41.2 Å². The van der Waals surface area contributed by atoms with E-state index in [-0.39, 0.29) is 22.9 Å². The largest absolute Gasteiger partial charge is 0.463 e. The van der Waals surface area contributed by atoms with Crippen LogP contribution in [0.3, 0.4) is 0 Å². The minimum absolute atomic E-state index is 0.0850. The van der Waals surface area contributed by atoms with E-state index in [4.69, 9.17) is 27.9 Å². The van der Waals surface area contributed by atoms with Gasteiger partial charge in [0.2, 0.25) is 0 Å². The molecular weight excluding hydrogens is 464 g/mol. The van der Waals surface area contributed by atoms with Crippen LogP contribution in [-0.2, 0) is 25.2 Å². The number of ether oxygens (including phenoxy) is 2. The molecule has 2 aromatic rings. The first-order chi connectivity index (χ1) is 14.5. The van der Waals surface area contributed by atoms with Crippen molar-refractivity contribution in [1.29, 1.82) is 0 Å². The van der Waals surface area contributed by atoms with Crippen LogP contribution in [0.4, 0.5) is 13.2 Å². The van der Waals surface area contributed by atoms with Crippen molar-refractivity contribution in [3.05, 3.63) is 61.5 Å². The van der Waals surface area contributed by atoms with Crippen LogP contribution in [0.15, 0.2) is 34.2 Å². The number of carbonyl (C=O) groups excluding carboxylic acids is 2. The van der Waals surface area contributed by atoms with Crippen LogP contribution in [-0.4, -0.2) is 34.9 Å². The first-order valence-electron chi connectivity index (χ1n) is 8.61. The molecule has 12 heteroatoms. The summed E-state index contributed by atoms with van der Waals surface area (Å²) in [7, 11) is 0. The highest BCUT2D eigenvalue weighted by Gasteiger charge is 2.34. The van der Waals surface area contributed by atoms with Gasteiger partial charge in [-0.15, -0.1) is 0 Å². The number of carbonyl (C=O) groups is 2. The zero-order valence-corrected chi connectivity index (χ0v) is 17.6. The summed E-state index contributed by atoms with van der Waals surface area (Å²) in [6, 6.07) is 4.00. The summed E-state index contributed by atoms with van der Waals surface area (Å²) in [4.78, 5) is 35.5. The molecule has 0 aliphatic rings. The summed E-state index contributed by atoms with van der Waals surface area (Å²) in [6.45, 7) is 2.09. The van der Waals surface area contributed by atoms with Crippen LogP contribution in [0, 0.1) is 6.92 Å². The lowest BCUT2D eigenvalue weighted by Gasteiger charge is -2.12. The van der Waals surface area contributed by atoms with Gasteiger partial charge in [0, 0.05) is 10.6 Å². The minimum Gasteiger partial charge on any atom is -0.463 e. The zero-order valence-electron chi connectivity index (χ0n) is 16.1. The molecule has 166 valence electrons. The second-order valence-electron chi connectivity index (χ2n) is 5.98. The molecule has 1 heterocycles. The number of hydrogen-bond acceptors (Lipinski definition) is 6. The molecule has 0 radical (unpaired) electrons. The molecule has 7 nitrogen and oxygen atoms in total. The number of aromatic nitrogens is 2. The molecule has 0 saturated carbocycles. The number of esters is 2. The van der Waals surface area contributed by atoms with Crippen molar-refractivity contribution in [2.75, 3.05) is 13.2 Å². The molecule has 2 rings (SSSR count). The molecule has 0 unspecified atom stereocenters. The minimum atomic E-state index is -4.72. The van der Waals surface area contributed by atoms with Crippen LogP contribution >= 0.6 is 23.2 Å². The van der Waals surface area contributed by atoms with Crippen LogP contribution in [0.1, 0.15) is 23.6 Å². The second kappa shape index (κ2) is 9.97. The second-order valence-corrected chi connectivity index (χ2v) is 6.79. The van der Waals surface area contributed by atoms with Crippen molar-refractivity contribution < 1.29 is 32.2 Å². The average molecular weight is 479 g/mol. The summed E-state index contributed by atoms with van der Waals surface area (Å²) in [5.74, 6) is -1.79. The summed E-state index contributed by atoms with van der Waals surface area (Å²) in [5.41, 5.74) is -2.41. The maximum atomic E-state index is 13.0. The first kappa shape index (κ1) is 24.4. The van der Waals surface area contributed by atoms with Gasteiger partial charge in [0.15, 0.2) is 6.61 Å². The Bertz CT molecular complexity index is 1100. The van der Waals surface area contributed by atoms with Crippen molar-refractivity contribution in [3.63, 3.8) is 0 Å². The third-order valence-corrected chi connectivity index (χ3v) is 4.46. The highest BCUT2D eigenvalue weighted by Crippen LogP contribution is 2.30. The van der Waals surface area contributed by atoms with E-state index < -0.39 is 46.4 Å². The number of alkyl halides is 3. The lowest BCUT2D eigenvalue weighted by Crippen LogP contribution is -2.27. The van der Waals surface area contributed by atoms with Crippen molar-refractivity contribution in [2.45, 2.75) is 20.0 Å².